The Hall–Kier alpha value is -2.25. The summed E-state index contributed by atoms with van der Waals surface area (Å²) in [6, 6.07) is 6.84. The third-order valence-corrected chi connectivity index (χ3v) is 4.90. The number of ether oxygens (including phenoxy) is 1. The number of carbonyl (C=O) groups is 1. The maximum absolute atomic E-state index is 11.2. The van der Waals surface area contributed by atoms with Gasteiger partial charge in [-0.3, -0.25) is 4.98 Å². The number of carboxylic acids is 1. The van der Waals surface area contributed by atoms with E-state index < -0.39 is 5.97 Å². The topological polar surface area (TPSA) is 72.3 Å². The maximum Gasteiger partial charge on any atom is 0.339 e. The molecule has 23 heavy (non-hydrogen) atoms. The van der Waals surface area contributed by atoms with Crippen molar-refractivity contribution in [1.29, 1.82) is 0 Å². The number of hydrogen-bond donors (Lipinski definition) is 1. The zero-order valence-electron chi connectivity index (χ0n) is 12.0. The summed E-state index contributed by atoms with van der Waals surface area (Å²) in [7, 11) is 1.44. The van der Waals surface area contributed by atoms with E-state index in [0.717, 1.165) is 20.6 Å². The van der Waals surface area contributed by atoms with Crippen molar-refractivity contribution >= 4 is 33.2 Å². The number of methoxy groups -OCH3 is 1. The standard InChI is InChI=1S/C16H11BrN2O3S/c1-22-14-4-9(2-3-11(14)16(20)21)12-6-18-7-13(19-12)15-5-10(17)8-23-15/h2-8H,1H3,(H,20,21). The number of thiophene rings is 1. The predicted molar refractivity (Wildman–Crippen MR) is 92.0 cm³/mol. The lowest BCUT2D eigenvalue weighted by Crippen LogP contribution is -2.00. The summed E-state index contributed by atoms with van der Waals surface area (Å²) in [4.78, 5) is 21.0. The van der Waals surface area contributed by atoms with E-state index in [4.69, 9.17) is 9.84 Å². The van der Waals surface area contributed by atoms with Crippen LogP contribution in [0.15, 0.2) is 46.5 Å². The molecule has 3 rings (SSSR count). The molecule has 0 unspecified atom stereocenters. The van der Waals surface area contributed by atoms with Gasteiger partial charge in [-0.2, -0.15) is 0 Å². The smallest absolute Gasteiger partial charge is 0.339 e. The van der Waals surface area contributed by atoms with Gasteiger partial charge in [-0.15, -0.1) is 11.3 Å². The van der Waals surface area contributed by atoms with Crippen molar-refractivity contribution in [2.24, 2.45) is 0 Å². The average molecular weight is 391 g/mol. The van der Waals surface area contributed by atoms with Gasteiger partial charge in [0.15, 0.2) is 0 Å². The van der Waals surface area contributed by atoms with Gasteiger partial charge in [0.05, 0.1) is 35.8 Å². The average Bonchev–Trinajstić information content (AvgIpc) is 3.01. The molecule has 0 aliphatic heterocycles. The summed E-state index contributed by atoms with van der Waals surface area (Å²) >= 11 is 4.99. The van der Waals surface area contributed by atoms with Crippen molar-refractivity contribution in [3.63, 3.8) is 0 Å². The molecular weight excluding hydrogens is 380 g/mol. The predicted octanol–water partition coefficient (Wildman–Crippen LogP) is 4.34. The van der Waals surface area contributed by atoms with E-state index in [1.54, 1.807) is 35.9 Å². The maximum atomic E-state index is 11.2. The van der Waals surface area contributed by atoms with Crippen molar-refractivity contribution in [2.45, 2.75) is 0 Å². The van der Waals surface area contributed by atoms with Crippen LogP contribution in [0.1, 0.15) is 10.4 Å². The Balaban J connectivity index is 2.04. The molecule has 0 aliphatic rings. The quantitative estimate of drug-likeness (QED) is 0.716. The molecule has 3 aromatic rings. The van der Waals surface area contributed by atoms with Crippen molar-refractivity contribution < 1.29 is 14.6 Å². The minimum atomic E-state index is -1.03. The molecule has 0 radical (unpaired) electrons. The second kappa shape index (κ2) is 6.47. The van der Waals surface area contributed by atoms with E-state index >= 15 is 0 Å². The molecule has 116 valence electrons. The van der Waals surface area contributed by atoms with Crippen LogP contribution in [0.5, 0.6) is 5.75 Å². The third-order valence-electron chi connectivity index (χ3n) is 3.18. The van der Waals surface area contributed by atoms with Crippen molar-refractivity contribution in [2.75, 3.05) is 7.11 Å². The second-order valence-electron chi connectivity index (χ2n) is 4.64. The number of nitrogens with zero attached hydrogens (tertiary/aromatic N) is 2. The highest BCUT2D eigenvalue weighted by atomic mass is 79.9. The molecule has 2 heterocycles. The highest BCUT2D eigenvalue weighted by Crippen LogP contribution is 2.31. The van der Waals surface area contributed by atoms with Crippen LogP contribution >= 0.6 is 27.3 Å². The Bertz CT molecular complexity index is 879. The molecule has 5 nitrogen and oxygen atoms in total. The van der Waals surface area contributed by atoms with Gasteiger partial charge >= 0.3 is 5.97 Å². The molecule has 2 aromatic heterocycles. The molecule has 0 spiro atoms. The summed E-state index contributed by atoms with van der Waals surface area (Å²) in [5.41, 5.74) is 2.28. The summed E-state index contributed by atoms with van der Waals surface area (Å²) in [5.74, 6) is -0.738. The normalized spacial score (nSPS) is 10.5. The molecule has 0 atom stereocenters. The zero-order chi connectivity index (χ0) is 16.4. The molecule has 1 aromatic carbocycles. The van der Waals surface area contributed by atoms with Gasteiger partial charge in [-0.05, 0) is 34.1 Å². The fourth-order valence-electron chi connectivity index (χ4n) is 2.10. The minimum Gasteiger partial charge on any atom is -0.496 e. The highest BCUT2D eigenvalue weighted by Gasteiger charge is 2.13. The summed E-state index contributed by atoms with van der Waals surface area (Å²) in [6.07, 6.45) is 3.34. The molecule has 0 saturated carbocycles. The largest absolute Gasteiger partial charge is 0.496 e. The molecule has 0 saturated heterocycles. The van der Waals surface area contributed by atoms with Crippen LogP contribution < -0.4 is 4.74 Å². The summed E-state index contributed by atoms with van der Waals surface area (Å²) in [6.45, 7) is 0. The minimum absolute atomic E-state index is 0.113. The second-order valence-corrected chi connectivity index (χ2v) is 6.47. The van der Waals surface area contributed by atoms with Gasteiger partial charge in [-0.25, -0.2) is 9.78 Å². The first-order valence-electron chi connectivity index (χ1n) is 6.56. The van der Waals surface area contributed by atoms with Crippen LogP contribution in [0, 0.1) is 0 Å². The first-order chi connectivity index (χ1) is 11.1. The van der Waals surface area contributed by atoms with Gasteiger partial charge in [0, 0.05) is 15.4 Å². The lowest BCUT2D eigenvalue weighted by molar-refractivity contribution is 0.0693. The molecule has 0 amide bonds. The Labute approximate surface area is 144 Å². The highest BCUT2D eigenvalue weighted by molar-refractivity contribution is 9.10. The number of carboxylic acid groups (broad SMARTS) is 1. The first-order valence-corrected chi connectivity index (χ1v) is 8.24. The van der Waals surface area contributed by atoms with Crippen molar-refractivity contribution in [3.8, 4) is 27.6 Å². The van der Waals surface area contributed by atoms with Crippen LogP contribution in [0.2, 0.25) is 0 Å². The molecule has 0 fully saturated rings. The van der Waals surface area contributed by atoms with Crippen LogP contribution in [0.25, 0.3) is 21.8 Å². The molecule has 1 N–H and O–H groups in total. The number of rotatable bonds is 4. The van der Waals surface area contributed by atoms with E-state index in [1.165, 1.54) is 13.2 Å². The van der Waals surface area contributed by atoms with Gasteiger partial charge in [0.25, 0.3) is 0 Å². The summed E-state index contributed by atoms with van der Waals surface area (Å²) in [5, 5.41) is 11.1. The number of hydrogen-bond acceptors (Lipinski definition) is 5. The molecule has 0 aliphatic carbocycles. The number of halogens is 1. The SMILES string of the molecule is COc1cc(-c2cncc(-c3cc(Br)cs3)n2)ccc1C(=O)O. The number of aromatic nitrogens is 2. The van der Waals surface area contributed by atoms with Crippen LogP contribution in [-0.4, -0.2) is 28.2 Å². The third kappa shape index (κ3) is 3.25. The Morgan fingerprint density at radius 1 is 1.26 bits per heavy atom. The van der Waals surface area contributed by atoms with Gasteiger partial charge in [0.2, 0.25) is 0 Å². The fourth-order valence-corrected chi connectivity index (χ4v) is 3.48. The Kier molecular flexibility index (Phi) is 4.40. The Morgan fingerprint density at radius 2 is 2.04 bits per heavy atom. The Morgan fingerprint density at radius 3 is 2.70 bits per heavy atom. The van der Waals surface area contributed by atoms with E-state index in [1.807, 2.05) is 11.4 Å². The van der Waals surface area contributed by atoms with E-state index in [-0.39, 0.29) is 5.56 Å². The van der Waals surface area contributed by atoms with E-state index in [0.29, 0.717) is 11.4 Å². The van der Waals surface area contributed by atoms with Crippen LogP contribution in [0.4, 0.5) is 0 Å². The molecule has 7 heteroatoms. The van der Waals surface area contributed by atoms with E-state index in [2.05, 4.69) is 25.9 Å². The van der Waals surface area contributed by atoms with Crippen LogP contribution in [-0.2, 0) is 0 Å². The molecule has 0 bridgehead atoms. The van der Waals surface area contributed by atoms with Gasteiger partial charge < -0.3 is 9.84 Å². The van der Waals surface area contributed by atoms with Crippen LogP contribution in [0.3, 0.4) is 0 Å². The lowest BCUT2D eigenvalue weighted by Gasteiger charge is -2.08. The summed E-state index contributed by atoms with van der Waals surface area (Å²) < 4.78 is 6.15. The van der Waals surface area contributed by atoms with E-state index in [9.17, 15) is 4.79 Å². The lowest BCUT2D eigenvalue weighted by atomic mass is 10.1. The molecular formula is C16H11BrN2O3S. The van der Waals surface area contributed by atoms with Gasteiger partial charge in [-0.1, -0.05) is 6.07 Å². The first kappa shape index (κ1) is 15.6. The van der Waals surface area contributed by atoms with Crippen molar-refractivity contribution in [3.05, 3.63) is 52.1 Å². The number of benzene rings is 1. The fraction of sp³-hybridized carbons (Fsp3) is 0.0625. The van der Waals surface area contributed by atoms with Gasteiger partial charge in [0.1, 0.15) is 11.3 Å². The zero-order valence-corrected chi connectivity index (χ0v) is 14.4. The monoisotopic (exact) mass is 390 g/mol. The van der Waals surface area contributed by atoms with Crippen molar-refractivity contribution in [1.82, 2.24) is 9.97 Å². The number of aromatic carboxylic acids is 1.